The maximum Gasteiger partial charge on any atom is 0.263 e. The van der Waals surface area contributed by atoms with Crippen LogP contribution in [0.1, 0.15) is 19.4 Å². The van der Waals surface area contributed by atoms with Gasteiger partial charge in [-0.1, -0.05) is 12.1 Å². The summed E-state index contributed by atoms with van der Waals surface area (Å²) >= 11 is 0. The normalized spacial score (nSPS) is 11.8. The Hall–Kier alpha value is -2.45. The highest BCUT2D eigenvalue weighted by Gasteiger charge is 2.19. The van der Waals surface area contributed by atoms with Crippen LogP contribution in [0.5, 0.6) is 0 Å². The number of carbonyl (C=O) groups is 1. The predicted octanol–water partition coefficient (Wildman–Crippen LogP) is 1.31. The molecule has 0 spiro atoms. The maximum atomic E-state index is 12.2. The van der Waals surface area contributed by atoms with E-state index in [1.807, 2.05) is 0 Å². The zero-order valence-corrected chi connectivity index (χ0v) is 14.9. The van der Waals surface area contributed by atoms with Gasteiger partial charge in [0.2, 0.25) is 5.91 Å². The van der Waals surface area contributed by atoms with Crippen LogP contribution in [-0.4, -0.2) is 36.6 Å². The minimum absolute atomic E-state index is 0.0738. The smallest absolute Gasteiger partial charge is 0.263 e. The number of carbonyl (C=O) groups excluding carboxylic acids is 1. The van der Waals surface area contributed by atoms with Crippen molar-refractivity contribution in [3.05, 3.63) is 54.4 Å². The number of amides is 1. The fourth-order valence-electron chi connectivity index (χ4n) is 2.06. The Morgan fingerprint density at radius 2 is 1.88 bits per heavy atom. The van der Waals surface area contributed by atoms with Gasteiger partial charge >= 0.3 is 0 Å². The lowest BCUT2D eigenvalue weighted by Crippen LogP contribution is -2.46. The van der Waals surface area contributed by atoms with E-state index in [4.69, 9.17) is 5.11 Å². The van der Waals surface area contributed by atoms with E-state index in [0.29, 0.717) is 5.69 Å². The van der Waals surface area contributed by atoms with Crippen LogP contribution in [-0.2, 0) is 21.2 Å². The lowest BCUT2D eigenvalue weighted by molar-refractivity contribution is -0.122. The first kappa shape index (κ1) is 18.9. The first-order chi connectivity index (χ1) is 11.7. The second-order valence-electron chi connectivity index (χ2n) is 6.26. The Morgan fingerprint density at radius 3 is 2.44 bits per heavy atom. The Labute approximate surface area is 147 Å². The summed E-state index contributed by atoms with van der Waals surface area (Å²) in [5.41, 5.74) is 0.440. The van der Waals surface area contributed by atoms with Crippen LogP contribution in [0.2, 0.25) is 0 Å². The Bertz CT molecular complexity index is 819. The molecule has 0 radical (unpaired) electrons. The molecule has 7 nitrogen and oxygen atoms in total. The van der Waals surface area contributed by atoms with Gasteiger partial charge in [-0.25, -0.2) is 8.42 Å². The van der Waals surface area contributed by atoms with E-state index in [2.05, 4.69) is 15.0 Å². The lowest BCUT2D eigenvalue weighted by atomic mass is 10.1. The number of benzene rings is 1. The van der Waals surface area contributed by atoms with Gasteiger partial charge in [-0.15, -0.1) is 0 Å². The van der Waals surface area contributed by atoms with Crippen LogP contribution in [0.4, 0.5) is 5.69 Å². The third-order valence-corrected chi connectivity index (χ3v) is 4.76. The van der Waals surface area contributed by atoms with E-state index in [1.165, 1.54) is 18.5 Å². The number of aliphatic hydroxyl groups is 1. The second kappa shape index (κ2) is 7.62. The quantitative estimate of drug-likeness (QED) is 0.687. The molecule has 0 saturated heterocycles. The molecule has 1 amide bonds. The molecule has 0 aliphatic heterocycles. The summed E-state index contributed by atoms with van der Waals surface area (Å²) in [5, 5.41) is 11.9. The summed E-state index contributed by atoms with van der Waals surface area (Å²) in [6, 6.07) is 9.53. The highest BCUT2D eigenvalue weighted by molar-refractivity contribution is 7.92. The van der Waals surface area contributed by atoms with Crippen molar-refractivity contribution in [3.8, 4) is 0 Å². The first-order valence-electron chi connectivity index (χ1n) is 7.65. The molecule has 1 aromatic carbocycles. The molecule has 0 aliphatic rings. The van der Waals surface area contributed by atoms with Crippen molar-refractivity contribution in [2.24, 2.45) is 0 Å². The number of sulfonamides is 1. The van der Waals surface area contributed by atoms with Crippen molar-refractivity contribution in [1.82, 2.24) is 10.3 Å². The Balaban J connectivity index is 2.02. The summed E-state index contributed by atoms with van der Waals surface area (Å²) in [6.07, 6.45) is 2.90. The molecule has 0 fully saturated rings. The van der Waals surface area contributed by atoms with Crippen LogP contribution in [0.3, 0.4) is 0 Å². The third-order valence-electron chi connectivity index (χ3n) is 3.39. The van der Waals surface area contributed by atoms with Gasteiger partial charge in [0.05, 0.1) is 18.6 Å². The Kier molecular flexibility index (Phi) is 5.76. The number of nitrogens with one attached hydrogen (secondary N) is 2. The predicted molar refractivity (Wildman–Crippen MR) is 94.5 cm³/mol. The van der Waals surface area contributed by atoms with Gasteiger partial charge < -0.3 is 10.4 Å². The minimum Gasteiger partial charge on any atom is -0.394 e. The highest BCUT2D eigenvalue weighted by atomic mass is 32.2. The molecule has 1 aromatic heterocycles. The molecule has 134 valence electrons. The first-order valence-corrected chi connectivity index (χ1v) is 9.14. The summed E-state index contributed by atoms with van der Waals surface area (Å²) in [6.45, 7) is 3.29. The number of aliphatic hydroxyl groups excluding tert-OH is 1. The van der Waals surface area contributed by atoms with Crippen molar-refractivity contribution >= 4 is 21.6 Å². The number of anilines is 1. The molecule has 25 heavy (non-hydrogen) atoms. The van der Waals surface area contributed by atoms with Crippen molar-refractivity contribution in [1.29, 1.82) is 0 Å². The van der Waals surface area contributed by atoms with Crippen molar-refractivity contribution in [3.63, 3.8) is 0 Å². The molecule has 0 aliphatic carbocycles. The molecular weight excluding hydrogens is 342 g/mol. The highest BCUT2D eigenvalue weighted by Crippen LogP contribution is 2.16. The van der Waals surface area contributed by atoms with Crippen molar-refractivity contribution in [2.75, 3.05) is 11.3 Å². The van der Waals surface area contributed by atoms with Crippen molar-refractivity contribution < 1.29 is 18.3 Å². The second-order valence-corrected chi connectivity index (χ2v) is 7.94. The SMILES string of the molecule is CC(C)(CO)NC(=O)Cc1ccc(NS(=O)(=O)c2cccnc2)cc1. The van der Waals surface area contributed by atoms with Gasteiger partial charge in [-0.2, -0.15) is 0 Å². The molecule has 0 atom stereocenters. The molecule has 0 bridgehead atoms. The molecule has 2 aromatic rings. The monoisotopic (exact) mass is 363 g/mol. The fraction of sp³-hybridized carbons (Fsp3) is 0.294. The topological polar surface area (TPSA) is 108 Å². The van der Waals surface area contributed by atoms with E-state index in [1.54, 1.807) is 44.2 Å². The van der Waals surface area contributed by atoms with Gasteiger partial charge in [-0.3, -0.25) is 14.5 Å². The number of rotatable bonds is 7. The van der Waals surface area contributed by atoms with Crippen molar-refractivity contribution in [2.45, 2.75) is 30.7 Å². The van der Waals surface area contributed by atoms with Gasteiger partial charge in [-0.05, 0) is 43.7 Å². The average Bonchev–Trinajstić information content (AvgIpc) is 2.57. The molecule has 1 heterocycles. The van der Waals surface area contributed by atoms with Gasteiger partial charge in [0, 0.05) is 18.1 Å². The number of hydrogen-bond donors (Lipinski definition) is 3. The number of pyridine rings is 1. The Morgan fingerprint density at radius 1 is 1.20 bits per heavy atom. The number of nitrogens with zero attached hydrogens (tertiary/aromatic N) is 1. The number of aromatic nitrogens is 1. The largest absolute Gasteiger partial charge is 0.394 e. The van der Waals surface area contributed by atoms with Gasteiger partial charge in [0.15, 0.2) is 0 Å². The zero-order chi connectivity index (χ0) is 18.5. The molecular formula is C17H21N3O4S. The summed E-state index contributed by atoms with van der Waals surface area (Å²) in [5.74, 6) is -0.220. The van der Waals surface area contributed by atoms with Crippen LogP contribution < -0.4 is 10.0 Å². The molecule has 8 heteroatoms. The van der Waals surface area contributed by atoms with Gasteiger partial charge in [0.1, 0.15) is 4.90 Å². The van der Waals surface area contributed by atoms with E-state index in [9.17, 15) is 13.2 Å². The summed E-state index contributed by atoms with van der Waals surface area (Å²) in [4.78, 5) is 15.8. The summed E-state index contributed by atoms with van der Waals surface area (Å²) in [7, 11) is -3.70. The average molecular weight is 363 g/mol. The lowest BCUT2D eigenvalue weighted by Gasteiger charge is -2.23. The maximum absolute atomic E-state index is 12.2. The number of hydrogen-bond acceptors (Lipinski definition) is 5. The van der Waals surface area contributed by atoms with Crippen LogP contribution in [0.25, 0.3) is 0 Å². The third kappa shape index (κ3) is 5.54. The minimum atomic E-state index is -3.70. The standard InChI is InChI=1S/C17H21N3O4S/c1-17(2,12-21)19-16(22)10-13-5-7-14(8-6-13)20-25(23,24)15-4-3-9-18-11-15/h3-9,11,20-21H,10,12H2,1-2H3,(H,19,22). The zero-order valence-electron chi connectivity index (χ0n) is 14.1. The van der Waals surface area contributed by atoms with E-state index < -0.39 is 15.6 Å². The van der Waals surface area contributed by atoms with Crippen LogP contribution in [0, 0.1) is 0 Å². The van der Waals surface area contributed by atoms with E-state index in [0.717, 1.165) is 5.56 Å². The molecule has 3 N–H and O–H groups in total. The van der Waals surface area contributed by atoms with E-state index >= 15 is 0 Å². The fourth-order valence-corrected chi connectivity index (χ4v) is 3.08. The van der Waals surface area contributed by atoms with E-state index in [-0.39, 0.29) is 23.8 Å². The van der Waals surface area contributed by atoms with Crippen LogP contribution >= 0.6 is 0 Å². The van der Waals surface area contributed by atoms with Crippen LogP contribution in [0.15, 0.2) is 53.7 Å². The molecule has 0 saturated carbocycles. The molecule has 0 unspecified atom stereocenters. The molecule has 2 rings (SSSR count). The summed E-state index contributed by atoms with van der Waals surface area (Å²) < 4.78 is 26.9. The van der Waals surface area contributed by atoms with Gasteiger partial charge in [0.25, 0.3) is 10.0 Å².